The zero-order chi connectivity index (χ0) is 21.5. The standard InChI is InChI=1S/C25H32N4O/c1-18(2)16-29(17-19(3)4)14-13-27-25(30)22-15-24(20-9-11-26-12-10-20)28-23-8-6-5-7-21(22)23/h5-12,15,18-19H,13-14,16-17H2,1-4H3,(H,27,30). The predicted octanol–water partition coefficient (Wildman–Crippen LogP) is 4.64. The van der Waals surface area contributed by atoms with E-state index in [1.54, 1.807) is 12.4 Å². The Morgan fingerprint density at radius 3 is 2.33 bits per heavy atom. The second-order valence-corrected chi connectivity index (χ2v) is 8.61. The third-order valence-corrected chi connectivity index (χ3v) is 4.90. The zero-order valence-corrected chi connectivity index (χ0v) is 18.4. The van der Waals surface area contributed by atoms with E-state index < -0.39 is 0 Å². The van der Waals surface area contributed by atoms with Crippen LogP contribution in [0.4, 0.5) is 0 Å². The Hall–Kier alpha value is -2.79. The first kappa shape index (κ1) is 21.9. The SMILES string of the molecule is CC(C)CN(CCNC(=O)c1cc(-c2ccncc2)nc2ccccc12)CC(C)C. The van der Waals surface area contributed by atoms with Crippen molar-refractivity contribution in [2.75, 3.05) is 26.2 Å². The first-order valence-corrected chi connectivity index (χ1v) is 10.7. The summed E-state index contributed by atoms with van der Waals surface area (Å²) in [5, 5.41) is 4.00. The molecule has 2 aromatic heterocycles. The summed E-state index contributed by atoms with van der Waals surface area (Å²) in [4.78, 5) is 24.4. The molecule has 2 heterocycles. The van der Waals surface area contributed by atoms with Gasteiger partial charge in [-0.3, -0.25) is 9.78 Å². The number of pyridine rings is 2. The molecule has 158 valence electrons. The Morgan fingerprint density at radius 1 is 1.00 bits per heavy atom. The number of amides is 1. The second kappa shape index (κ2) is 10.3. The molecule has 1 N–H and O–H groups in total. The van der Waals surface area contributed by atoms with Crippen molar-refractivity contribution < 1.29 is 4.79 Å². The van der Waals surface area contributed by atoms with Crippen molar-refractivity contribution in [1.82, 2.24) is 20.2 Å². The summed E-state index contributed by atoms with van der Waals surface area (Å²) >= 11 is 0. The number of carbonyl (C=O) groups is 1. The van der Waals surface area contributed by atoms with Crippen LogP contribution in [0.5, 0.6) is 0 Å². The topological polar surface area (TPSA) is 58.1 Å². The number of nitrogens with one attached hydrogen (secondary N) is 1. The maximum absolute atomic E-state index is 13.1. The number of benzene rings is 1. The largest absolute Gasteiger partial charge is 0.351 e. The number of aromatic nitrogens is 2. The van der Waals surface area contributed by atoms with Crippen LogP contribution in [0.2, 0.25) is 0 Å². The minimum Gasteiger partial charge on any atom is -0.351 e. The lowest BCUT2D eigenvalue weighted by molar-refractivity contribution is 0.0948. The van der Waals surface area contributed by atoms with Gasteiger partial charge < -0.3 is 10.2 Å². The molecular weight excluding hydrogens is 372 g/mol. The van der Waals surface area contributed by atoms with Gasteiger partial charge in [-0.1, -0.05) is 45.9 Å². The van der Waals surface area contributed by atoms with Crippen molar-refractivity contribution >= 4 is 16.8 Å². The normalized spacial score (nSPS) is 11.6. The highest BCUT2D eigenvalue weighted by molar-refractivity contribution is 6.07. The lowest BCUT2D eigenvalue weighted by Crippen LogP contribution is -2.38. The predicted molar refractivity (Wildman–Crippen MR) is 123 cm³/mol. The summed E-state index contributed by atoms with van der Waals surface area (Å²) in [5.74, 6) is 1.15. The van der Waals surface area contributed by atoms with E-state index in [0.717, 1.165) is 41.8 Å². The molecule has 5 heteroatoms. The number of nitrogens with zero attached hydrogens (tertiary/aromatic N) is 3. The molecule has 0 aliphatic heterocycles. The summed E-state index contributed by atoms with van der Waals surface area (Å²) in [6.07, 6.45) is 3.48. The van der Waals surface area contributed by atoms with Crippen LogP contribution in [0, 0.1) is 11.8 Å². The van der Waals surface area contributed by atoms with Gasteiger partial charge in [0, 0.05) is 49.5 Å². The Morgan fingerprint density at radius 2 is 1.67 bits per heavy atom. The van der Waals surface area contributed by atoms with Crippen molar-refractivity contribution in [3.05, 3.63) is 60.4 Å². The molecule has 0 bridgehead atoms. The monoisotopic (exact) mass is 404 g/mol. The highest BCUT2D eigenvalue weighted by Gasteiger charge is 2.15. The third-order valence-electron chi connectivity index (χ3n) is 4.90. The van der Waals surface area contributed by atoms with Crippen LogP contribution in [-0.2, 0) is 0 Å². The van der Waals surface area contributed by atoms with Gasteiger partial charge in [0.05, 0.1) is 16.8 Å². The summed E-state index contributed by atoms with van der Waals surface area (Å²) < 4.78 is 0. The molecule has 0 spiro atoms. The first-order chi connectivity index (χ1) is 14.4. The van der Waals surface area contributed by atoms with E-state index in [-0.39, 0.29) is 5.91 Å². The number of carbonyl (C=O) groups excluding carboxylic acids is 1. The Labute approximate surface area is 179 Å². The fourth-order valence-corrected chi connectivity index (χ4v) is 3.75. The van der Waals surface area contributed by atoms with E-state index in [4.69, 9.17) is 4.98 Å². The van der Waals surface area contributed by atoms with E-state index in [9.17, 15) is 4.79 Å². The van der Waals surface area contributed by atoms with Crippen LogP contribution in [-0.4, -0.2) is 47.0 Å². The highest BCUT2D eigenvalue weighted by atomic mass is 16.1. The van der Waals surface area contributed by atoms with Crippen molar-refractivity contribution in [2.45, 2.75) is 27.7 Å². The summed E-state index contributed by atoms with van der Waals surface area (Å²) in [7, 11) is 0. The van der Waals surface area contributed by atoms with Crippen molar-refractivity contribution in [3.63, 3.8) is 0 Å². The lowest BCUT2D eigenvalue weighted by atomic mass is 10.0. The number of para-hydroxylation sites is 1. The molecule has 0 atom stereocenters. The molecular formula is C25H32N4O. The average molecular weight is 405 g/mol. The van der Waals surface area contributed by atoms with E-state index in [1.807, 2.05) is 42.5 Å². The van der Waals surface area contributed by atoms with Gasteiger partial charge in [0.1, 0.15) is 0 Å². The fourth-order valence-electron chi connectivity index (χ4n) is 3.75. The maximum atomic E-state index is 13.1. The third kappa shape index (κ3) is 5.86. The summed E-state index contributed by atoms with van der Waals surface area (Å²) in [6.45, 7) is 12.5. The Kier molecular flexibility index (Phi) is 7.52. The molecule has 0 saturated carbocycles. The molecule has 0 saturated heterocycles. The van der Waals surface area contributed by atoms with Gasteiger partial charge in [-0.25, -0.2) is 4.98 Å². The molecule has 3 rings (SSSR count). The van der Waals surface area contributed by atoms with Crippen LogP contribution in [0.25, 0.3) is 22.2 Å². The molecule has 30 heavy (non-hydrogen) atoms. The minimum atomic E-state index is -0.0575. The van der Waals surface area contributed by atoms with E-state index >= 15 is 0 Å². The van der Waals surface area contributed by atoms with Gasteiger partial charge in [-0.15, -0.1) is 0 Å². The lowest BCUT2D eigenvalue weighted by Gasteiger charge is -2.26. The smallest absolute Gasteiger partial charge is 0.252 e. The number of rotatable bonds is 9. The average Bonchev–Trinajstić information content (AvgIpc) is 2.72. The van der Waals surface area contributed by atoms with Crippen molar-refractivity contribution in [3.8, 4) is 11.3 Å². The van der Waals surface area contributed by atoms with Crippen LogP contribution >= 0.6 is 0 Å². The Balaban J connectivity index is 1.78. The van der Waals surface area contributed by atoms with E-state index in [1.165, 1.54) is 0 Å². The summed E-state index contributed by atoms with van der Waals surface area (Å²) in [6, 6.07) is 13.5. The number of hydrogen-bond acceptors (Lipinski definition) is 4. The first-order valence-electron chi connectivity index (χ1n) is 10.7. The Bertz CT molecular complexity index is 959. The maximum Gasteiger partial charge on any atom is 0.252 e. The van der Waals surface area contributed by atoms with Gasteiger partial charge in [-0.2, -0.15) is 0 Å². The molecule has 0 aliphatic rings. The van der Waals surface area contributed by atoms with E-state index in [0.29, 0.717) is 23.9 Å². The van der Waals surface area contributed by atoms with Gasteiger partial charge >= 0.3 is 0 Å². The molecule has 0 fully saturated rings. The van der Waals surface area contributed by atoms with Gasteiger partial charge in [0.15, 0.2) is 0 Å². The molecule has 1 amide bonds. The van der Waals surface area contributed by atoms with Gasteiger partial charge in [0.25, 0.3) is 5.91 Å². The quantitative estimate of drug-likeness (QED) is 0.564. The number of fused-ring (bicyclic) bond motifs is 1. The molecule has 3 aromatic rings. The van der Waals surface area contributed by atoms with E-state index in [2.05, 4.69) is 42.9 Å². The second-order valence-electron chi connectivity index (χ2n) is 8.61. The number of hydrogen-bond donors (Lipinski definition) is 1. The van der Waals surface area contributed by atoms with Gasteiger partial charge in [0.2, 0.25) is 0 Å². The molecule has 0 aliphatic carbocycles. The van der Waals surface area contributed by atoms with Crippen LogP contribution < -0.4 is 5.32 Å². The highest BCUT2D eigenvalue weighted by Crippen LogP contribution is 2.24. The van der Waals surface area contributed by atoms with Crippen LogP contribution in [0.15, 0.2) is 54.9 Å². The molecule has 5 nitrogen and oxygen atoms in total. The van der Waals surface area contributed by atoms with Crippen molar-refractivity contribution in [2.24, 2.45) is 11.8 Å². The zero-order valence-electron chi connectivity index (χ0n) is 18.4. The summed E-state index contributed by atoms with van der Waals surface area (Å²) in [5.41, 5.74) is 3.21. The minimum absolute atomic E-state index is 0.0575. The van der Waals surface area contributed by atoms with Gasteiger partial charge in [-0.05, 0) is 36.1 Å². The molecule has 0 radical (unpaired) electrons. The van der Waals surface area contributed by atoms with Crippen LogP contribution in [0.1, 0.15) is 38.1 Å². The molecule has 0 unspecified atom stereocenters. The van der Waals surface area contributed by atoms with Crippen molar-refractivity contribution in [1.29, 1.82) is 0 Å². The fraction of sp³-hybridized carbons (Fsp3) is 0.400. The molecule has 1 aromatic carbocycles. The van der Waals surface area contributed by atoms with Crippen LogP contribution in [0.3, 0.4) is 0 Å².